The van der Waals surface area contributed by atoms with Gasteiger partial charge in [-0.1, -0.05) is 18.2 Å². The smallest absolute Gasteiger partial charge is 0.137 e. The van der Waals surface area contributed by atoms with E-state index in [2.05, 4.69) is 28.6 Å². The third-order valence-electron chi connectivity index (χ3n) is 2.84. The first-order valence-electron chi connectivity index (χ1n) is 5.54. The summed E-state index contributed by atoms with van der Waals surface area (Å²) >= 11 is 0. The van der Waals surface area contributed by atoms with Crippen molar-refractivity contribution in [3.8, 4) is 11.3 Å². The number of imidazole rings is 1. The number of nitrogens with zero attached hydrogens (tertiary/aromatic N) is 2. The van der Waals surface area contributed by atoms with Crippen molar-refractivity contribution in [2.45, 2.75) is 6.92 Å². The van der Waals surface area contributed by atoms with Crippen LogP contribution in [0.25, 0.3) is 16.9 Å². The molecule has 0 aliphatic carbocycles. The first-order chi connectivity index (χ1) is 8.24. The van der Waals surface area contributed by atoms with Crippen LogP contribution in [0, 0.1) is 6.92 Å². The van der Waals surface area contributed by atoms with E-state index in [9.17, 15) is 0 Å². The van der Waals surface area contributed by atoms with E-state index in [-0.39, 0.29) is 0 Å². The number of benzene rings is 1. The maximum Gasteiger partial charge on any atom is 0.137 e. The topological polar surface area (TPSA) is 43.3 Å². The van der Waals surface area contributed by atoms with Crippen LogP contribution in [-0.4, -0.2) is 9.38 Å². The van der Waals surface area contributed by atoms with Crippen molar-refractivity contribution < 1.29 is 0 Å². The SMILES string of the molecule is Cc1ccc2ncc(-c3cccc(N)c3)n2c1. The van der Waals surface area contributed by atoms with Gasteiger partial charge in [0.1, 0.15) is 5.65 Å². The van der Waals surface area contributed by atoms with Crippen LogP contribution in [-0.2, 0) is 0 Å². The van der Waals surface area contributed by atoms with Crippen LogP contribution in [0.3, 0.4) is 0 Å². The molecule has 84 valence electrons. The second kappa shape index (κ2) is 3.63. The maximum atomic E-state index is 5.81. The van der Waals surface area contributed by atoms with Gasteiger partial charge in [-0.05, 0) is 30.7 Å². The van der Waals surface area contributed by atoms with Gasteiger partial charge in [-0.25, -0.2) is 4.98 Å². The number of rotatable bonds is 1. The minimum atomic E-state index is 0.769. The van der Waals surface area contributed by atoms with Crippen LogP contribution in [0.4, 0.5) is 5.69 Å². The molecule has 3 nitrogen and oxygen atoms in total. The highest BCUT2D eigenvalue weighted by Crippen LogP contribution is 2.22. The zero-order valence-electron chi connectivity index (χ0n) is 9.59. The number of nitrogens with two attached hydrogens (primary N) is 1. The molecule has 0 aliphatic rings. The molecule has 0 amide bonds. The van der Waals surface area contributed by atoms with Gasteiger partial charge in [0.15, 0.2) is 0 Å². The van der Waals surface area contributed by atoms with Crippen LogP contribution < -0.4 is 5.73 Å². The Labute approximate surface area is 99.5 Å². The molecule has 0 atom stereocenters. The molecule has 0 saturated heterocycles. The molecule has 3 aromatic rings. The van der Waals surface area contributed by atoms with Crippen LogP contribution in [0.15, 0.2) is 48.8 Å². The molecule has 2 heterocycles. The number of pyridine rings is 1. The molecule has 0 bridgehead atoms. The lowest BCUT2D eigenvalue weighted by molar-refractivity contribution is 1.16. The van der Waals surface area contributed by atoms with Crippen molar-refractivity contribution in [1.29, 1.82) is 0 Å². The van der Waals surface area contributed by atoms with E-state index in [0.29, 0.717) is 0 Å². The molecular weight excluding hydrogens is 210 g/mol. The number of aryl methyl sites for hydroxylation is 1. The summed E-state index contributed by atoms with van der Waals surface area (Å²) < 4.78 is 2.09. The summed E-state index contributed by atoms with van der Waals surface area (Å²) in [6.45, 7) is 2.07. The fourth-order valence-corrected chi connectivity index (χ4v) is 2.00. The Hall–Kier alpha value is -2.29. The van der Waals surface area contributed by atoms with Gasteiger partial charge >= 0.3 is 0 Å². The van der Waals surface area contributed by atoms with Gasteiger partial charge in [0.25, 0.3) is 0 Å². The van der Waals surface area contributed by atoms with E-state index in [1.165, 1.54) is 5.56 Å². The summed E-state index contributed by atoms with van der Waals surface area (Å²) in [4.78, 5) is 4.39. The monoisotopic (exact) mass is 223 g/mol. The first kappa shape index (κ1) is 9.90. The lowest BCUT2D eigenvalue weighted by Gasteiger charge is -2.03. The fraction of sp³-hybridized carbons (Fsp3) is 0.0714. The molecule has 0 radical (unpaired) electrons. The van der Waals surface area contributed by atoms with Crippen LogP contribution in [0.5, 0.6) is 0 Å². The van der Waals surface area contributed by atoms with Crippen molar-refractivity contribution in [1.82, 2.24) is 9.38 Å². The lowest BCUT2D eigenvalue weighted by Crippen LogP contribution is -1.90. The molecule has 0 saturated carbocycles. The van der Waals surface area contributed by atoms with Crippen LogP contribution in [0.2, 0.25) is 0 Å². The summed E-state index contributed by atoms with van der Waals surface area (Å²) in [5.74, 6) is 0. The maximum absolute atomic E-state index is 5.81. The van der Waals surface area contributed by atoms with Crippen molar-refractivity contribution in [2.75, 3.05) is 5.73 Å². The highest BCUT2D eigenvalue weighted by molar-refractivity contribution is 5.67. The van der Waals surface area contributed by atoms with E-state index < -0.39 is 0 Å². The van der Waals surface area contributed by atoms with Crippen molar-refractivity contribution >= 4 is 11.3 Å². The Balaban J connectivity index is 2.27. The Morgan fingerprint density at radius 1 is 1.18 bits per heavy atom. The summed E-state index contributed by atoms with van der Waals surface area (Å²) in [5, 5.41) is 0. The predicted octanol–water partition coefficient (Wildman–Crippen LogP) is 2.89. The number of aromatic nitrogens is 2. The summed E-state index contributed by atoms with van der Waals surface area (Å²) in [6, 6.07) is 11.9. The zero-order valence-corrected chi connectivity index (χ0v) is 9.59. The third-order valence-corrected chi connectivity index (χ3v) is 2.84. The summed E-state index contributed by atoms with van der Waals surface area (Å²) in [5.41, 5.74) is 10.9. The highest BCUT2D eigenvalue weighted by Gasteiger charge is 2.05. The Kier molecular flexibility index (Phi) is 2.11. The molecule has 0 spiro atoms. The molecule has 0 fully saturated rings. The average molecular weight is 223 g/mol. The minimum absolute atomic E-state index is 0.769. The van der Waals surface area contributed by atoms with Crippen molar-refractivity contribution in [2.24, 2.45) is 0 Å². The predicted molar refractivity (Wildman–Crippen MR) is 69.8 cm³/mol. The van der Waals surface area contributed by atoms with Gasteiger partial charge in [0, 0.05) is 17.4 Å². The van der Waals surface area contributed by atoms with Crippen molar-refractivity contribution in [3.05, 3.63) is 54.4 Å². The lowest BCUT2D eigenvalue weighted by atomic mass is 10.1. The van der Waals surface area contributed by atoms with Gasteiger partial charge in [0.2, 0.25) is 0 Å². The van der Waals surface area contributed by atoms with E-state index >= 15 is 0 Å². The third kappa shape index (κ3) is 1.65. The second-order valence-corrected chi connectivity index (χ2v) is 4.20. The van der Waals surface area contributed by atoms with Crippen LogP contribution >= 0.6 is 0 Å². The molecule has 17 heavy (non-hydrogen) atoms. The van der Waals surface area contributed by atoms with Gasteiger partial charge < -0.3 is 5.73 Å². The quantitative estimate of drug-likeness (QED) is 0.644. The normalized spacial score (nSPS) is 10.9. The molecule has 2 N–H and O–H groups in total. The van der Waals surface area contributed by atoms with Gasteiger partial charge in [-0.2, -0.15) is 0 Å². The van der Waals surface area contributed by atoms with E-state index in [1.807, 2.05) is 36.5 Å². The number of hydrogen-bond donors (Lipinski definition) is 1. The molecule has 3 heteroatoms. The molecule has 0 aliphatic heterocycles. The highest BCUT2D eigenvalue weighted by atomic mass is 15.0. The zero-order chi connectivity index (χ0) is 11.8. The Morgan fingerprint density at radius 3 is 2.88 bits per heavy atom. The van der Waals surface area contributed by atoms with E-state index in [4.69, 9.17) is 5.73 Å². The van der Waals surface area contributed by atoms with Gasteiger partial charge in [-0.15, -0.1) is 0 Å². The summed E-state index contributed by atoms with van der Waals surface area (Å²) in [7, 11) is 0. The molecule has 1 aromatic carbocycles. The number of nitrogen functional groups attached to an aromatic ring is 1. The average Bonchev–Trinajstić information content (AvgIpc) is 2.71. The fourth-order valence-electron chi connectivity index (χ4n) is 2.00. The minimum Gasteiger partial charge on any atom is -0.399 e. The largest absolute Gasteiger partial charge is 0.399 e. The second-order valence-electron chi connectivity index (χ2n) is 4.20. The number of fused-ring (bicyclic) bond motifs is 1. The van der Waals surface area contributed by atoms with Gasteiger partial charge in [-0.3, -0.25) is 4.40 Å². The molecule has 2 aromatic heterocycles. The van der Waals surface area contributed by atoms with Gasteiger partial charge in [0.05, 0.1) is 11.9 Å². The summed E-state index contributed by atoms with van der Waals surface area (Å²) in [6.07, 6.45) is 3.96. The molecular formula is C14H13N3. The Bertz CT molecular complexity index is 683. The van der Waals surface area contributed by atoms with E-state index in [0.717, 1.165) is 22.6 Å². The molecule has 3 rings (SSSR count). The van der Waals surface area contributed by atoms with Crippen LogP contribution in [0.1, 0.15) is 5.56 Å². The first-order valence-corrected chi connectivity index (χ1v) is 5.54. The molecule has 0 unspecified atom stereocenters. The number of hydrogen-bond acceptors (Lipinski definition) is 2. The van der Waals surface area contributed by atoms with E-state index in [1.54, 1.807) is 0 Å². The van der Waals surface area contributed by atoms with Crippen molar-refractivity contribution in [3.63, 3.8) is 0 Å². The Morgan fingerprint density at radius 2 is 2.06 bits per heavy atom. The number of anilines is 1. The standard InChI is InChI=1S/C14H13N3/c1-10-5-6-14-16-8-13(17(14)9-10)11-3-2-4-12(15)7-11/h2-9H,15H2,1H3.